The van der Waals surface area contributed by atoms with Crippen molar-refractivity contribution in [2.45, 2.75) is 25.7 Å². The molecular weight excluding hydrogens is 615 g/mol. The maximum atomic E-state index is 2.49. The fourth-order valence-electron chi connectivity index (χ4n) is 8.55. The monoisotopic (exact) mass is 651 g/mol. The molecule has 242 valence electrons. The summed E-state index contributed by atoms with van der Waals surface area (Å²) in [6, 6.07) is 65.2. The zero-order valence-corrected chi connectivity index (χ0v) is 28.5. The highest BCUT2D eigenvalue weighted by atomic mass is 15.1. The molecule has 0 heterocycles. The van der Waals surface area contributed by atoms with E-state index >= 15 is 0 Å². The van der Waals surface area contributed by atoms with E-state index in [1.807, 2.05) is 0 Å². The van der Waals surface area contributed by atoms with Crippen LogP contribution in [-0.2, 0) is 12.8 Å². The molecule has 0 N–H and O–H groups in total. The van der Waals surface area contributed by atoms with Crippen molar-refractivity contribution < 1.29 is 0 Å². The van der Waals surface area contributed by atoms with Crippen molar-refractivity contribution in [3.8, 4) is 22.3 Å². The van der Waals surface area contributed by atoms with Crippen molar-refractivity contribution in [2.24, 2.45) is 0 Å². The predicted molar refractivity (Wildman–Crippen MR) is 219 cm³/mol. The van der Waals surface area contributed by atoms with Crippen LogP contribution in [0.4, 0.5) is 17.1 Å². The molecule has 0 fully saturated rings. The Morgan fingerprint density at radius 3 is 1.63 bits per heavy atom. The second-order valence-electron chi connectivity index (χ2n) is 14.0. The molecule has 9 aromatic rings. The van der Waals surface area contributed by atoms with E-state index in [-0.39, 0.29) is 0 Å². The van der Waals surface area contributed by atoms with Gasteiger partial charge >= 0.3 is 0 Å². The lowest BCUT2D eigenvalue weighted by Crippen LogP contribution is -2.10. The topological polar surface area (TPSA) is 3.24 Å². The van der Waals surface area contributed by atoms with E-state index in [1.54, 1.807) is 5.56 Å². The number of fused-ring (bicyclic) bond motifs is 7. The van der Waals surface area contributed by atoms with Gasteiger partial charge in [0.05, 0.1) is 0 Å². The van der Waals surface area contributed by atoms with Crippen LogP contribution >= 0.6 is 0 Å². The smallest absolute Gasteiger partial charge is 0.0468 e. The quantitative estimate of drug-likeness (QED) is 0.167. The highest BCUT2D eigenvalue weighted by molar-refractivity contribution is 6.14. The molecule has 1 aliphatic rings. The summed E-state index contributed by atoms with van der Waals surface area (Å²) in [5, 5.41) is 10.3. The molecule has 1 aliphatic carbocycles. The normalized spacial score (nSPS) is 12.8. The summed E-state index contributed by atoms with van der Waals surface area (Å²) in [5.74, 6) is 0. The molecule has 0 aromatic heterocycles. The summed E-state index contributed by atoms with van der Waals surface area (Å²) in [6.45, 7) is 0. The number of hydrogen-bond donors (Lipinski definition) is 0. The molecular formula is C50H37N. The molecule has 51 heavy (non-hydrogen) atoms. The van der Waals surface area contributed by atoms with Gasteiger partial charge in [-0.05, 0) is 145 Å². The number of hydrogen-bond acceptors (Lipinski definition) is 1. The van der Waals surface area contributed by atoms with Crippen molar-refractivity contribution in [2.75, 3.05) is 4.90 Å². The predicted octanol–water partition coefficient (Wildman–Crippen LogP) is 14.0. The lowest BCUT2D eigenvalue weighted by atomic mass is 9.84. The zero-order valence-electron chi connectivity index (χ0n) is 28.5. The lowest BCUT2D eigenvalue weighted by Gasteiger charge is -2.27. The third-order valence-corrected chi connectivity index (χ3v) is 11.0. The summed E-state index contributed by atoms with van der Waals surface area (Å²) in [4.78, 5) is 2.43. The van der Waals surface area contributed by atoms with Crippen LogP contribution in [0.5, 0.6) is 0 Å². The first kappa shape index (κ1) is 29.7. The number of nitrogens with zero attached hydrogens (tertiary/aromatic N) is 1. The molecule has 9 aromatic carbocycles. The maximum absolute atomic E-state index is 2.49. The molecule has 0 radical (unpaired) electrons. The van der Waals surface area contributed by atoms with E-state index in [1.165, 1.54) is 90.2 Å². The van der Waals surface area contributed by atoms with Gasteiger partial charge in [0.2, 0.25) is 0 Å². The largest absolute Gasteiger partial charge is 0.310 e. The van der Waals surface area contributed by atoms with E-state index in [9.17, 15) is 0 Å². The molecule has 0 aliphatic heterocycles. The van der Waals surface area contributed by atoms with Crippen molar-refractivity contribution in [1.29, 1.82) is 0 Å². The molecule has 0 amide bonds. The summed E-state index contributed by atoms with van der Waals surface area (Å²) < 4.78 is 0. The van der Waals surface area contributed by atoms with Gasteiger partial charge in [-0.2, -0.15) is 0 Å². The second kappa shape index (κ2) is 12.3. The molecule has 1 nitrogen and oxygen atoms in total. The minimum absolute atomic E-state index is 1.13. The van der Waals surface area contributed by atoms with E-state index < -0.39 is 0 Å². The number of rotatable bonds is 5. The van der Waals surface area contributed by atoms with Gasteiger partial charge in [-0.15, -0.1) is 0 Å². The Balaban J connectivity index is 1.17. The second-order valence-corrected chi connectivity index (χ2v) is 14.0. The van der Waals surface area contributed by atoms with E-state index in [0.717, 1.165) is 23.5 Å². The van der Waals surface area contributed by atoms with E-state index in [0.29, 0.717) is 0 Å². The Bertz CT molecular complexity index is 2770. The van der Waals surface area contributed by atoms with E-state index in [4.69, 9.17) is 0 Å². The average Bonchev–Trinajstić information content (AvgIpc) is 3.20. The summed E-state index contributed by atoms with van der Waals surface area (Å²) in [6.07, 6.45) is 4.88. The van der Waals surface area contributed by atoms with Gasteiger partial charge in [0.25, 0.3) is 0 Å². The van der Waals surface area contributed by atoms with Crippen LogP contribution in [0, 0.1) is 0 Å². The van der Waals surface area contributed by atoms with Crippen molar-refractivity contribution in [1.82, 2.24) is 0 Å². The Morgan fingerprint density at radius 2 is 0.882 bits per heavy atom. The molecule has 0 saturated heterocycles. The van der Waals surface area contributed by atoms with Crippen LogP contribution in [0.1, 0.15) is 24.0 Å². The third-order valence-electron chi connectivity index (χ3n) is 11.0. The minimum Gasteiger partial charge on any atom is -0.310 e. The first-order valence-electron chi connectivity index (χ1n) is 18.2. The molecule has 0 spiro atoms. The highest BCUT2D eigenvalue weighted by Crippen LogP contribution is 2.43. The first-order valence-corrected chi connectivity index (χ1v) is 18.2. The van der Waals surface area contributed by atoms with Gasteiger partial charge in [0.1, 0.15) is 0 Å². The summed E-state index contributed by atoms with van der Waals surface area (Å²) in [7, 11) is 0. The van der Waals surface area contributed by atoms with Crippen LogP contribution in [0.15, 0.2) is 176 Å². The fourth-order valence-corrected chi connectivity index (χ4v) is 8.55. The fraction of sp³-hybridized carbons (Fsp3) is 0.0800. The number of aryl methyl sites for hydroxylation is 2. The van der Waals surface area contributed by atoms with Gasteiger partial charge in [-0.25, -0.2) is 0 Å². The first-order chi connectivity index (χ1) is 25.3. The van der Waals surface area contributed by atoms with Gasteiger partial charge < -0.3 is 4.90 Å². The average molecular weight is 652 g/mol. The van der Waals surface area contributed by atoms with E-state index in [2.05, 4.69) is 181 Å². The highest BCUT2D eigenvalue weighted by Gasteiger charge is 2.19. The number of anilines is 3. The van der Waals surface area contributed by atoms with Crippen LogP contribution in [-0.4, -0.2) is 0 Å². The summed E-state index contributed by atoms with van der Waals surface area (Å²) >= 11 is 0. The van der Waals surface area contributed by atoms with Crippen LogP contribution in [0.25, 0.3) is 65.3 Å². The number of benzene rings is 9. The third kappa shape index (κ3) is 5.16. The van der Waals surface area contributed by atoms with Gasteiger partial charge in [-0.1, -0.05) is 133 Å². The van der Waals surface area contributed by atoms with Gasteiger partial charge in [0, 0.05) is 17.1 Å². The molecule has 1 heteroatoms. The molecule has 0 bridgehead atoms. The van der Waals surface area contributed by atoms with Crippen LogP contribution < -0.4 is 4.90 Å². The van der Waals surface area contributed by atoms with Crippen molar-refractivity contribution in [3.05, 3.63) is 187 Å². The SMILES string of the molecule is c1cc(-c2cc3c(c4ccccc24)CCCC3)cc(N(c2cccc(-c3cc4ccccc4c4ccccc34)c2)c2ccc3ccccc3c2)c1. The molecule has 0 saturated carbocycles. The van der Waals surface area contributed by atoms with Crippen molar-refractivity contribution >= 4 is 60.2 Å². The maximum Gasteiger partial charge on any atom is 0.0468 e. The van der Waals surface area contributed by atoms with Crippen molar-refractivity contribution in [3.63, 3.8) is 0 Å². The van der Waals surface area contributed by atoms with Crippen LogP contribution in [0.2, 0.25) is 0 Å². The molecule has 0 atom stereocenters. The molecule has 10 rings (SSSR count). The molecule has 0 unspecified atom stereocenters. The van der Waals surface area contributed by atoms with Gasteiger partial charge in [0.15, 0.2) is 0 Å². The summed E-state index contributed by atoms with van der Waals surface area (Å²) in [5.41, 5.74) is 11.5. The minimum atomic E-state index is 1.13. The standard InChI is InChI=1S/C50H37N/c1-2-14-35-29-42(28-27-34(35)13-1)51(40-19-11-17-36(30-40)49-32-38-15-3-5-21-43(38)45-23-7-9-25-47(45)49)41-20-12-18-37(31-41)50-33-39-16-4-6-22-44(39)46-24-8-10-26-48(46)50/h1-3,5,7-15,17-21,23-33H,4,6,16,22H2. The Kier molecular flexibility index (Phi) is 7.17. The Labute approximate surface area is 299 Å². The van der Waals surface area contributed by atoms with Gasteiger partial charge in [-0.3, -0.25) is 0 Å². The zero-order chi connectivity index (χ0) is 33.7. The lowest BCUT2D eigenvalue weighted by molar-refractivity contribution is 0.690. The van der Waals surface area contributed by atoms with Crippen LogP contribution in [0.3, 0.4) is 0 Å². The Hall–Kier alpha value is -6.18. The Morgan fingerprint density at radius 1 is 0.333 bits per heavy atom.